The van der Waals surface area contributed by atoms with Crippen LogP contribution < -0.4 is 24.5 Å². The van der Waals surface area contributed by atoms with Crippen LogP contribution >= 0.6 is 0 Å². The van der Waals surface area contributed by atoms with Crippen LogP contribution in [0, 0.1) is 11.3 Å². The highest BCUT2D eigenvalue weighted by Crippen LogP contribution is 2.41. The zero-order valence-electron chi connectivity index (χ0n) is 40.4. The van der Waals surface area contributed by atoms with E-state index in [1.807, 2.05) is 26.8 Å². The van der Waals surface area contributed by atoms with Crippen molar-refractivity contribution in [2.75, 3.05) is 36.4 Å². The number of ether oxygens (including phenoxy) is 3. The van der Waals surface area contributed by atoms with Crippen molar-refractivity contribution in [1.82, 2.24) is 9.78 Å². The highest BCUT2D eigenvalue weighted by molar-refractivity contribution is 7.93. The van der Waals surface area contributed by atoms with Gasteiger partial charge in [-0.05, 0) is 72.5 Å². The Morgan fingerprint density at radius 3 is 1.91 bits per heavy atom. The number of H-pyrrole nitrogens is 1. The van der Waals surface area contributed by atoms with Gasteiger partial charge in [-0.25, -0.2) is 21.5 Å². The minimum atomic E-state index is -4.54. The van der Waals surface area contributed by atoms with Crippen LogP contribution in [0.1, 0.15) is 129 Å². The molecule has 0 saturated carbocycles. The number of anilines is 2. The molecule has 4 aromatic carbocycles. The second-order valence-corrected chi connectivity index (χ2v) is 21.2. The summed E-state index contributed by atoms with van der Waals surface area (Å²) < 4.78 is 78.8. The summed E-state index contributed by atoms with van der Waals surface area (Å²) in [5.41, 5.74) is -0.280. The molecular weight excluding hydrogens is 919 g/mol. The van der Waals surface area contributed by atoms with Gasteiger partial charge < -0.3 is 19.3 Å². The summed E-state index contributed by atoms with van der Waals surface area (Å²) in [5, 5.41) is 31.5. The average Bonchev–Trinajstić information content (AvgIpc) is 3.65. The van der Waals surface area contributed by atoms with E-state index in [1.54, 1.807) is 36.4 Å². The molecule has 18 heteroatoms. The Hall–Kier alpha value is -6.16. The number of sulfonamides is 2. The third-order valence-electron chi connectivity index (χ3n) is 11.3. The Balaban J connectivity index is 1.24. The van der Waals surface area contributed by atoms with Crippen LogP contribution in [0.4, 0.5) is 22.7 Å². The first-order valence-corrected chi connectivity index (χ1v) is 26.7. The van der Waals surface area contributed by atoms with Crippen LogP contribution in [0.15, 0.2) is 110 Å². The molecule has 1 heterocycles. The van der Waals surface area contributed by atoms with Crippen molar-refractivity contribution < 1.29 is 36.2 Å². The third kappa shape index (κ3) is 15.9. The zero-order chi connectivity index (χ0) is 49.9. The Morgan fingerprint density at radius 1 is 0.710 bits per heavy atom. The topological polar surface area (TPSA) is 227 Å². The van der Waals surface area contributed by atoms with Crippen molar-refractivity contribution in [1.29, 1.82) is 5.26 Å². The lowest BCUT2D eigenvalue weighted by Gasteiger charge is -2.25. The van der Waals surface area contributed by atoms with Gasteiger partial charge in [0.1, 0.15) is 34.8 Å². The number of methoxy groups -OCH3 is 1. The maximum absolute atomic E-state index is 14.2. The summed E-state index contributed by atoms with van der Waals surface area (Å²) in [6, 6.07) is 22.5. The summed E-state index contributed by atoms with van der Waals surface area (Å²) in [6.45, 7) is 8.72. The molecule has 0 aliphatic carbocycles. The third-order valence-corrected chi connectivity index (χ3v) is 14.1. The van der Waals surface area contributed by atoms with Gasteiger partial charge in [-0.2, -0.15) is 10.4 Å². The Bertz CT molecular complexity index is 2780. The number of phenols is 1. The van der Waals surface area contributed by atoms with Gasteiger partial charge in [-0.15, -0.1) is 5.11 Å². The molecule has 0 bridgehead atoms. The molecule has 372 valence electrons. The molecular formula is C51H67N7O9S2. The van der Waals surface area contributed by atoms with E-state index in [9.17, 15) is 32.0 Å². The normalized spacial score (nSPS) is 12.0. The van der Waals surface area contributed by atoms with E-state index in [0.717, 1.165) is 25.3 Å². The van der Waals surface area contributed by atoms with Gasteiger partial charge in [0, 0.05) is 18.7 Å². The van der Waals surface area contributed by atoms with Crippen LogP contribution in [-0.4, -0.2) is 58.7 Å². The number of para-hydroxylation sites is 1. The molecule has 0 radical (unpaired) electrons. The Morgan fingerprint density at radius 2 is 1.32 bits per heavy atom. The number of nitriles is 1. The van der Waals surface area contributed by atoms with Crippen LogP contribution in [0.25, 0.3) is 5.69 Å². The van der Waals surface area contributed by atoms with Gasteiger partial charge in [-0.3, -0.25) is 19.3 Å². The SMILES string of the molecule is CCCCCCCCCCCCCCCCOc1cc(O)c(NS(=O)(=O)c2cc(NS(=O)(=O)c3ccc(N=Nc4c(C#N)[nH]n(-c5ccccc5)c4=O)cc3)ccc2OCCOC)cc1C(C)(C)C. The summed E-state index contributed by atoms with van der Waals surface area (Å²) in [5.74, 6) is 0.0149. The second-order valence-electron chi connectivity index (χ2n) is 17.9. The van der Waals surface area contributed by atoms with E-state index >= 15 is 0 Å². The molecule has 0 spiro atoms. The van der Waals surface area contributed by atoms with E-state index < -0.39 is 35.9 Å². The number of rotatable bonds is 29. The molecule has 4 N–H and O–H groups in total. The summed E-state index contributed by atoms with van der Waals surface area (Å²) in [7, 11) is -7.38. The first-order valence-electron chi connectivity index (χ1n) is 23.7. The number of hydrogen-bond acceptors (Lipinski definition) is 12. The van der Waals surface area contributed by atoms with Gasteiger partial charge in [-0.1, -0.05) is 129 Å². The van der Waals surface area contributed by atoms with Gasteiger partial charge in [0.05, 0.1) is 40.9 Å². The molecule has 0 unspecified atom stereocenters. The van der Waals surface area contributed by atoms with Crippen LogP contribution in [0.3, 0.4) is 0 Å². The molecule has 0 aliphatic rings. The maximum atomic E-state index is 14.2. The van der Waals surface area contributed by atoms with Crippen molar-refractivity contribution in [3.8, 4) is 29.0 Å². The van der Waals surface area contributed by atoms with Crippen molar-refractivity contribution in [2.45, 2.75) is 133 Å². The van der Waals surface area contributed by atoms with Crippen molar-refractivity contribution in [3.63, 3.8) is 0 Å². The second kappa shape index (κ2) is 26.0. The van der Waals surface area contributed by atoms with E-state index in [0.29, 0.717) is 23.6 Å². The number of unbranched alkanes of at least 4 members (excludes halogenated alkanes) is 13. The first kappa shape index (κ1) is 53.8. The molecule has 0 fully saturated rings. The number of nitrogens with one attached hydrogen (secondary N) is 3. The number of azo groups is 1. The lowest BCUT2D eigenvalue weighted by Crippen LogP contribution is -2.19. The standard InChI is InChI=1S/C51H67N7O9S2/c1-6-7-8-9-10-11-12-13-14-15-16-17-18-22-31-66-47-36-45(59)43(35-42(47)51(2,3)4)57-69(63,64)48-34-39(27-30-46(48)67-33-32-65-5)56-68(61,62)41-28-25-38(26-29-41)53-54-49-44(37-52)55-58(50(49)60)40-23-20-19-21-24-40/h19-21,23-30,34-36,55-57,59H,6-18,22,31-33H2,1-5H3. The molecule has 16 nitrogen and oxygen atoms in total. The molecule has 0 atom stereocenters. The number of aromatic hydroxyl groups is 1. The summed E-state index contributed by atoms with van der Waals surface area (Å²) in [4.78, 5) is 12.5. The number of benzene rings is 4. The molecule has 5 aromatic rings. The van der Waals surface area contributed by atoms with Crippen LogP contribution in [0.2, 0.25) is 0 Å². The lowest BCUT2D eigenvalue weighted by atomic mass is 9.86. The number of aromatic amines is 1. The summed E-state index contributed by atoms with van der Waals surface area (Å²) in [6.07, 6.45) is 17.4. The van der Waals surface area contributed by atoms with E-state index in [4.69, 9.17) is 14.2 Å². The largest absolute Gasteiger partial charge is 0.506 e. The fourth-order valence-electron chi connectivity index (χ4n) is 7.54. The number of hydrogen-bond donors (Lipinski definition) is 4. The quantitative estimate of drug-likeness (QED) is 0.0201. The Labute approximate surface area is 407 Å². The number of aromatic nitrogens is 2. The van der Waals surface area contributed by atoms with Gasteiger partial charge >= 0.3 is 0 Å². The predicted octanol–water partition coefficient (Wildman–Crippen LogP) is 11.9. The molecule has 0 saturated heterocycles. The van der Waals surface area contributed by atoms with Crippen LogP contribution in [-0.2, 0) is 30.2 Å². The molecule has 1 aromatic heterocycles. The van der Waals surface area contributed by atoms with E-state index in [-0.39, 0.29) is 58.1 Å². The number of nitrogens with zero attached hydrogens (tertiary/aromatic N) is 4. The van der Waals surface area contributed by atoms with Gasteiger partial charge in [0.15, 0.2) is 11.4 Å². The minimum Gasteiger partial charge on any atom is -0.506 e. The predicted molar refractivity (Wildman–Crippen MR) is 270 cm³/mol. The van der Waals surface area contributed by atoms with E-state index in [2.05, 4.69) is 31.7 Å². The first-order chi connectivity index (χ1) is 33.1. The molecule has 5 rings (SSSR count). The molecule has 0 aliphatic heterocycles. The van der Waals surface area contributed by atoms with E-state index in [1.165, 1.54) is 125 Å². The summed E-state index contributed by atoms with van der Waals surface area (Å²) >= 11 is 0. The number of phenolic OH excluding ortho intramolecular Hbond substituents is 1. The monoisotopic (exact) mass is 985 g/mol. The highest BCUT2D eigenvalue weighted by Gasteiger charge is 2.27. The smallest absolute Gasteiger partial charge is 0.300 e. The average molecular weight is 986 g/mol. The highest BCUT2D eigenvalue weighted by atomic mass is 32.2. The van der Waals surface area contributed by atoms with Gasteiger partial charge in [0.25, 0.3) is 25.6 Å². The minimum absolute atomic E-state index is 0.0103. The maximum Gasteiger partial charge on any atom is 0.300 e. The van der Waals surface area contributed by atoms with Crippen molar-refractivity contribution >= 4 is 42.8 Å². The van der Waals surface area contributed by atoms with Crippen molar-refractivity contribution in [2.24, 2.45) is 10.2 Å². The van der Waals surface area contributed by atoms with Crippen molar-refractivity contribution in [3.05, 3.63) is 107 Å². The zero-order valence-corrected chi connectivity index (χ0v) is 42.1. The fraction of sp³-hybridized carbons (Fsp3) is 0.451. The van der Waals surface area contributed by atoms with Crippen LogP contribution in [0.5, 0.6) is 17.2 Å². The Kier molecular flexibility index (Phi) is 20.3. The molecule has 0 amide bonds. The lowest BCUT2D eigenvalue weighted by molar-refractivity contribution is 0.144. The fourth-order valence-corrected chi connectivity index (χ4v) is 9.83. The van der Waals surface area contributed by atoms with Gasteiger partial charge in [0.2, 0.25) is 0 Å². The molecule has 69 heavy (non-hydrogen) atoms.